The van der Waals surface area contributed by atoms with Crippen LogP contribution < -0.4 is 15.0 Å². The Kier molecular flexibility index (Phi) is 6.44. The molecule has 162 valence electrons. The Bertz CT molecular complexity index is 848. The number of hydrogen-bond donors (Lipinski definition) is 1. The van der Waals surface area contributed by atoms with E-state index >= 15 is 0 Å². The van der Waals surface area contributed by atoms with E-state index in [1.165, 1.54) is 30.5 Å². The number of amides is 1. The first-order chi connectivity index (χ1) is 14.1. The Morgan fingerprint density at radius 3 is 2.17 bits per heavy atom. The van der Waals surface area contributed by atoms with Crippen molar-refractivity contribution in [3.8, 4) is 5.75 Å². The molecule has 30 heavy (non-hydrogen) atoms. The van der Waals surface area contributed by atoms with Crippen molar-refractivity contribution in [2.24, 2.45) is 0 Å². The lowest BCUT2D eigenvalue weighted by Gasteiger charge is -2.35. The highest BCUT2D eigenvalue weighted by molar-refractivity contribution is 5.97. The van der Waals surface area contributed by atoms with Crippen LogP contribution in [-0.4, -0.2) is 24.1 Å². The highest BCUT2D eigenvalue weighted by Gasteiger charge is 2.30. The molecule has 1 heterocycles. The zero-order valence-electron chi connectivity index (χ0n) is 19.3. The summed E-state index contributed by atoms with van der Waals surface area (Å²) in [5.74, 6) is 0.527. The number of ether oxygens (including phenoxy) is 1. The first kappa shape index (κ1) is 22.2. The van der Waals surface area contributed by atoms with Crippen LogP contribution in [0.15, 0.2) is 48.5 Å². The van der Waals surface area contributed by atoms with Crippen LogP contribution in [0.2, 0.25) is 0 Å². The number of nitrogens with one attached hydrogen (secondary N) is 1. The molecule has 2 aromatic rings. The minimum Gasteiger partial charge on any atom is -0.478 e. The second-order valence-corrected chi connectivity index (χ2v) is 9.93. The Labute approximate surface area is 181 Å². The predicted octanol–water partition coefficient (Wildman–Crippen LogP) is 6.16. The van der Waals surface area contributed by atoms with Crippen molar-refractivity contribution in [2.75, 3.05) is 16.8 Å². The summed E-state index contributed by atoms with van der Waals surface area (Å²) in [4.78, 5) is 15.3. The van der Waals surface area contributed by atoms with Gasteiger partial charge in [0.25, 0.3) is 5.91 Å². The van der Waals surface area contributed by atoms with Crippen LogP contribution in [0.1, 0.15) is 66.4 Å². The van der Waals surface area contributed by atoms with E-state index in [4.69, 9.17) is 4.74 Å². The third kappa shape index (κ3) is 5.35. The molecule has 1 saturated heterocycles. The molecule has 0 unspecified atom stereocenters. The Morgan fingerprint density at radius 1 is 0.967 bits per heavy atom. The summed E-state index contributed by atoms with van der Waals surface area (Å²) < 4.78 is 6.02. The van der Waals surface area contributed by atoms with Gasteiger partial charge in [0.1, 0.15) is 5.75 Å². The van der Waals surface area contributed by atoms with Crippen LogP contribution in [-0.2, 0) is 10.2 Å². The van der Waals surface area contributed by atoms with Crippen LogP contribution in [0.5, 0.6) is 5.75 Å². The Morgan fingerprint density at radius 2 is 1.60 bits per heavy atom. The summed E-state index contributed by atoms with van der Waals surface area (Å²) in [7, 11) is 0. The average molecular weight is 409 g/mol. The van der Waals surface area contributed by atoms with Gasteiger partial charge >= 0.3 is 0 Å². The quantitative estimate of drug-likeness (QED) is 0.644. The van der Waals surface area contributed by atoms with Crippen LogP contribution in [0, 0.1) is 0 Å². The first-order valence-corrected chi connectivity index (χ1v) is 11.0. The van der Waals surface area contributed by atoms with Gasteiger partial charge in [-0.15, -0.1) is 0 Å². The van der Waals surface area contributed by atoms with Crippen LogP contribution in [0.25, 0.3) is 0 Å². The van der Waals surface area contributed by atoms with Gasteiger partial charge in [-0.2, -0.15) is 0 Å². The number of carbonyl (C=O) groups is 1. The molecule has 0 aliphatic carbocycles. The number of nitrogens with zero attached hydrogens (tertiary/aromatic N) is 1. The Balaban J connectivity index is 1.62. The highest BCUT2D eigenvalue weighted by Crippen LogP contribution is 2.28. The van der Waals surface area contributed by atoms with Crippen molar-refractivity contribution in [3.63, 3.8) is 0 Å². The molecule has 4 nitrogen and oxygen atoms in total. The van der Waals surface area contributed by atoms with Gasteiger partial charge in [0, 0.05) is 24.0 Å². The smallest absolute Gasteiger partial charge is 0.267 e. The van der Waals surface area contributed by atoms with E-state index in [2.05, 4.69) is 62.2 Å². The van der Waals surface area contributed by atoms with E-state index in [0.717, 1.165) is 12.2 Å². The van der Waals surface area contributed by atoms with Gasteiger partial charge < -0.3 is 15.0 Å². The minimum absolute atomic E-state index is 0.0869. The van der Waals surface area contributed by atoms with E-state index in [1.54, 1.807) is 13.8 Å². The number of benzene rings is 2. The molecule has 0 radical (unpaired) electrons. The third-order valence-electron chi connectivity index (χ3n) is 5.90. The molecule has 1 aliphatic rings. The number of hydrogen-bond acceptors (Lipinski definition) is 3. The van der Waals surface area contributed by atoms with Gasteiger partial charge in [-0.05, 0) is 87.4 Å². The van der Waals surface area contributed by atoms with E-state index in [9.17, 15) is 4.79 Å². The van der Waals surface area contributed by atoms with Crippen molar-refractivity contribution < 1.29 is 9.53 Å². The lowest BCUT2D eigenvalue weighted by Crippen LogP contribution is -2.42. The summed E-state index contributed by atoms with van der Waals surface area (Å²) in [6.45, 7) is 13.5. The molecule has 1 aliphatic heterocycles. The average Bonchev–Trinajstić information content (AvgIpc) is 2.68. The van der Waals surface area contributed by atoms with Crippen molar-refractivity contribution >= 4 is 17.3 Å². The maximum absolute atomic E-state index is 12.9. The molecule has 4 heteroatoms. The van der Waals surface area contributed by atoms with Crippen molar-refractivity contribution in [1.82, 2.24) is 0 Å². The number of piperidine rings is 1. The van der Waals surface area contributed by atoms with Crippen LogP contribution in [0.3, 0.4) is 0 Å². The fourth-order valence-corrected chi connectivity index (χ4v) is 3.86. The fourth-order valence-electron chi connectivity index (χ4n) is 3.86. The zero-order chi connectivity index (χ0) is 21.9. The highest BCUT2D eigenvalue weighted by atomic mass is 16.5. The molecule has 0 bridgehead atoms. The van der Waals surface area contributed by atoms with Crippen molar-refractivity contribution in [2.45, 2.75) is 77.9 Å². The van der Waals surface area contributed by atoms with E-state index in [1.807, 2.05) is 24.3 Å². The second-order valence-electron chi connectivity index (χ2n) is 9.93. The fraction of sp³-hybridized carbons (Fsp3) is 0.500. The molecule has 1 amide bonds. The minimum atomic E-state index is -0.983. The van der Waals surface area contributed by atoms with Gasteiger partial charge in [0.05, 0.1) is 0 Å². The van der Waals surface area contributed by atoms with E-state index in [0.29, 0.717) is 11.8 Å². The van der Waals surface area contributed by atoms with E-state index in [-0.39, 0.29) is 11.3 Å². The summed E-state index contributed by atoms with van der Waals surface area (Å²) in [6, 6.07) is 16.7. The summed E-state index contributed by atoms with van der Waals surface area (Å²) in [5, 5.41) is 3.00. The SMILES string of the molecule is C[C@H]1CCCCN1c1ccc(NC(=O)C(C)(C)Oc2ccc(C(C)(C)C)cc2)cc1. The normalized spacial score (nSPS) is 17.5. The topological polar surface area (TPSA) is 41.6 Å². The lowest BCUT2D eigenvalue weighted by molar-refractivity contribution is -0.128. The number of carbonyl (C=O) groups excluding carboxylic acids is 1. The molecule has 1 N–H and O–H groups in total. The maximum atomic E-state index is 12.9. The van der Waals surface area contributed by atoms with E-state index < -0.39 is 5.60 Å². The number of anilines is 2. The van der Waals surface area contributed by atoms with Gasteiger partial charge in [-0.1, -0.05) is 32.9 Å². The monoisotopic (exact) mass is 408 g/mol. The van der Waals surface area contributed by atoms with Gasteiger partial charge in [-0.25, -0.2) is 0 Å². The molecule has 0 spiro atoms. The molecule has 2 aromatic carbocycles. The number of rotatable bonds is 5. The van der Waals surface area contributed by atoms with Gasteiger partial charge in [-0.3, -0.25) is 4.79 Å². The van der Waals surface area contributed by atoms with Crippen molar-refractivity contribution in [3.05, 3.63) is 54.1 Å². The van der Waals surface area contributed by atoms with Gasteiger partial charge in [0.2, 0.25) is 0 Å². The zero-order valence-corrected chi connectivity index (χ0v) is 19.3. The molecular weight excluding hydrogens is 372 g/mol. The van der Waals surface area contributed by atoms with Crippen LogP contribution in [0.4, 0.5) is 11.4 Å². The molecule has 1 atom stereocenters. The summed E-state index contributed by atoms with van der Waals surface area (Å²) in [6.07, 6.45) is 3.78. The molecule has 0 saturated carbocycles. The largest absolute Gasteiger partial charge is 0.478 e. The third-order valence-corrected chi connectivity index (χ3v) is 5.90. The summed E-state index contributed by atoms with van der Waals surface area (Å²) >= 11 is 0. The summed E-state index contributed by atoms with van der Waals surface area (Å²) in [5.41, 5.74) is 2.34. The van der Waals surface area contributed by atoms with Crippen LogP contribution >= 0.6 is 0 Å². The van der Waals surface area contributed by atoms with Crippen molar-refractivity contribution in [1.29, 1.82) is 0 Å². The maximum Gasteiger partial charge on any atom is 0.267 e. The molecule has 3 rings (SSSR count). The standard InChI is InChI=1S/C26H36N2O2/c1-19-9-7-8-18-28(19)22-14-12-21(13-15-22)27-24(29)26(5,6)30-23-16-10-20(11-17-23)25(2,3)4/h10-17,19H,7-9,18H2,1-6H3,(H,27,29)/t19-/m0/s1. The molecule has 0 aromatic heterocycles. The van der Waals surface area contributed by atoms with Gasteiger partial charge in [0.15, 0.2) is 5.60 Å². The molecule has 1 fully saturated rings. The predicted molar refractivity (Wildman–Crippen MR) is 126 cm³/mol. The lowest BCUT2D eigenvalue weighted by atomic mass is 9.87. The molecular formula is C26H36N2O2. The Hall–Kier alpha value is -2.49. The second kappa shape index (κ2) is 8.71. The first-order valence-electron chi connectivity index (χ1n) is 11.0.